The summed E-state index contributed by atoms with van der Waals surface area (Å²) in [5.74, 6) is -0.194. The molecule has 0 saturated heterocycles. The zero-order valence-electron chi connectivity index (χ0n) is 14.1. The lowest BCUT2D eigenvalue weighted by Crippen LogP contribution is -2.22. The van der Waals surface area contributed by atoms with Crippen molar-refractivity contribution in [2.24, 2.45) is 0 Å². The highest BCUT2D eigenvalue weighted by Gasteiger charge is 2.30. The molecule has 4 rings (SSSR count). The van der Waals surface area contributed by atoms with Gasteiger partial charge in [0.05, 0.1) is 22.7 Å². The van der Waals surface area contributed by atoms with Crippen molar-refractivity contribution in [2.45, 2.75) is 19.1 Å². The van der Waals surface area contributed by atoms with Gasteiger partial charge in [0.25, 0.3) is 5.91 Å². The topological polar surface area (TPSA) is 57.8 Å². The van der Waals surface area contributed by atoms with E-state index in [1.807, 2.05) is 4.57 Å². The molecule has 0 aliphatic carbocycles. The predicted octanol–water partition coefficient (Wildman–Crippen LogP) is 4.33. The lowest BCUT2D eigenvalue weighted by atomic mass is 9.99. The molecule has 1 aliphatic heterocycles. The average Bonchev–Trinajstić information content (AvgIpc) is 2.92. The number of carbonyl (C=O) groups excluding carboxylic acids is 1. The molecule has 3 aromatic rings. The van der Waals surface area contributed by atoms with Crippen LogP contribution in [-0.2, 0) is 12.7 Å². The maximum atomic E-state index is 12.9. The average molecular weight is 369 g/mol. The molecule has 1 amide bonds. The molecule has 0 fully saturated rings. The van der Waals surface area contributed by atoms with Gasteiger partial charge in [-0.3, -0.25) is 4.79 Å². The molecule has 1 N–H and O–H groups in total. The van der Waals surface area contributed by atoms with Crippen LogP contribution in [0.3, 0.4) is 0 Å². The summed E-state index contributed by atoms with van der Waals surface area (Å²) < 4.78 is 40.5. The van der Waals surface area contributed by atoms with E-state index in [-0.39, 0.29) is 5.91 Å². The fourth-order valence-electron chi connectivity index (χ4n) is 3.49. The third-order valence-corrected chi connectivity index (χ3v) is 4.72. The van der Waals surface area contributed by atoms with Gasteiger partial charge in [0.15, 0.2) is 0 Å². The summed E-state index contributed by atoms with van der Waals surface area (Å²) in [6.07, 6.45) is -3.67. The van der Waals surface area contributed by atoms with Crippen molar-refractivity contribution in [3.05, 3.63) is 59.3 Å². The molecule has 0 bridgehead atoms. The Morgan fingerprint density at radius 3 is 2.52 bits per heavy atom. The summed E-state index contributed by atoms with van der Waals surface area (Å²) in [5, 5.41) is 12.9. The Bertz CT molecular complexity index is 1090. The molecule has 2 aromatic carbocycles. The van der Waals surface area contributed by atoms with Crippen LogP contribution < -0.4 is 5.32 Å². The molecular formula is C20H14F3N3O. The number of amides is 1. The number of benzene rings is 2. The van der Waals surface area contributed by atoms with Gasteiger partial charge in [-0.1, -0.05) is 12.1 Å². The monoisotopic (exact) mass is 369 g/mol. The molecule has 0 radical (unpaired) electrons. The second kappa shape index (κ2) is 6.16. The number of hydrogen-bond donors (Lipinski definition) is 1. The van der Waals surface area contributed by atoms with Crippen molar-refractivity contribution >= 4 is 16.8 Å². The van der Waals surface area contributed by atoms with Gasteiger partial charge in [0, 0.05) is 24.0 Å². The first-order chi connectivity index (χ1) is 12.9. The van der Waals surface area contributed by atoms with Gasteiger partial charge in [-0.15, -0.1) is 0 Å². The number of rotatable bonds is 1. The fourth-order valence-corrected chi connectivity index (χ4v) is 3.49. The van der Waals surface area contributed by atoms with E-state index in [0.717, 1.165) is 29.5 Å². The molecule has 4 nitrogen and oxygen atoms in total. The van der Waals surface area contributed by atoms with E-state index in [4.69, 9.17) is 0 Å². The van der Waals surface area contributed by atoms with Crippen LogP contribution in [0, 0.1) is 11.3 Å². The van der Waals surface area contributed by atoms with Gasteiger partial charge >= 0.3 is 6.18 Å². The number of fused-ring (bicyclic) bond motifs is 3. The quantitative estimate of drug-likeness (QED) is 0.694. The Hall–Kier alpha value is -3.27. The minimum absolute atomic E-state index is 0.194. The number of hydrogen-bond acceptors (Lipinski definition) is 2. The predicted molar refractivity (Wildman–Crippen MR) is 94.0 cm³/mol. The van der Waals surface area contributed by atoms with Crippen molar-refractivity contribution in [2.75, 3.05) is 6.54 Å². The highest BCUT2D eigenvalue weighted by atomic mass is 19.4. The number of nitrogens with zero attached hydrogens (tertiary/aromatic N) is 2. The summed E-state index contributed by atoms with van der Waals surface area (Å²) in [7, 11) is 0. The van der Waals surface area contributed by atoms with Crippen molar-refractivity contribution in [3.8, 4) is 17.2 Å². The normalized spacial score (nSPS) is 14.4. The first-order valence-electron chi connectivity index (χ1n) is 8.42. The second-order valence-corrected chi connectivity index (χ2v) is 6.44. The van der Waals surface area contributed by atoms with E-state index >= 15 is 0 Å². The molecule has 0 atom stereocenters. The number of alkyl halides is 3. The Kier molecular flexibility index (Phi) is 3.92. The summed E-state index contributed by atoms with van der Waals surface area (Å²) in [6, 6.07) is 12.0. The Morgan fingerprint density at radius 1 is 1.11 bits per heavy atom. The maximum absolute atomic E-state index is 12.9. The molecule has 0 spiro atoms. The number of halogens is 3. The van der Waals surface area contributed by atoms with Crippen LogP contribution in [0.2, 0.25) is 0 Å². The van der Waals surface area contributed by atoms with Crippen molar-refractivity contribution in [1.82, 2.24) is 9.88 Å². The van der Waals surface area contributed by atoms with Gasteiger partial charge < -0.3 is 9.88 Å². The van der Waals surface area contributed by atoms with Gasteiger partial charge in [-0.05, 0) is 42.3 Å². The third-order valence-electron chi connectivity index (χ3n) is 4.72. The van der Waals surface area contributed by atoms with Crippen LogP contribution in [0.5, 0.6) is 0 Å². The van der Waals surface area contributed by atoms with Gasteiger partial charge in [-0.25, -0.2) is 0 Å². The third kappa shape index (κ3) is 2.93. The minimum Gasteiger partial charge on any atom is -0.351 e. The van der Waals surface area contributed by atoms with Crippen molar-refractivity contribution < 1.29 is 18.0 Å². The Balaban J connectivity index is 1.96. The van der Waals surface area contributed by atoms with E-state index in [0.29, 0.717) is 35.5 Å². The van der Waals surface area contributed by atoms with Gasteiger partial charge in [0.1, 0.15) is 5.69 Å². The molecule has 27 heavy (non-hydrogen) atoms. The van der Waals surface area contributed by atoms with E-state index in [1.165, 1.54) is 12.1 Å². The summed E-state index contributed by atoms with van der Waals surface area (Å²) in [4.78, 5) is 12.3. The molecule has 0 saturated carbocycles. The highest BCUT2D eigenvalue weighted by Crippen LogP contribution is 2.35. The summed E-state index contributed by atoms with van der Waals surface area (Å²) >= 11 is 0. The molecule has 2 heterocycles. The maximum Gasteiger partial charge on any atom is 0.416 e. The van der Waals surface area contributed by atoms with Crippen LogP contribution in [0.25, 0.3) is 22.0 Å². The molecular weight excluding hydrogens is 355 g/mol. The molecule has 1 aliphatic rings. The standard InChI is InChI=1S/C20H14F3N3O/c21-20(22,23)15-4-2-13(3-5-15)16-9-12(11-24)8-14-10-17-19(27)25-6-1-7-26(17)18(14)16/h2-5,8-10H,1,6-7H2,(H,25,27). The largest absolute Gasteiger partial charge is 0.416 e. The number of carbonyl (C=O) groups is 1. The number of nitrogens with one attached hydrogen (secondary N) is 1. The number of aromatic nitrogens is 1. The summed E-state index contributed by atoms with van der Waals surface area (Å²) in [5.41, 5.74) is 2.10. The number of nitriles is 1. The lowest BCUT2D eigenvalue weighted by molar-refractivity contribution is -0.137. The van der Waals surface area contributed by atoms with E-state index in [2.05, 4.69) is 11.4 Å². The fraction of sp³-hybridized carbons (Fsp3) is 0.200. The van der Waals surface area contributed by atoms with Gasteiger partial charge in [-0.2, -0.15) is 18.4 Å². The van der Waals surface area contributed by atoms with Crippen molar-refractivity contribution in [3.63, 3.8) is 0 Å². The van der Waals surface area contributed by atoms with Crippen molar-refractivity contribution in [1.29, 1.82) is 5.26 Å². The zero-order valence-corrected chi connectivity index (χ0v) is 14.1. The molecule has 0 unspecified atom stereocenters. The first kappa shape index (κ1) is 17.2. The lowest BCUT2D eigenvalue weighted by Gasteiger charge is -2.12. The number of aryl methyl sites for hydroxylation is 1. The molecule has 7 heteroatoms. The van der Waals surface area contributed by atoms with E-state index in [1.54, 1.807) is 18.2 Å². The van der Waals surface area contributed by atoms with Crippen LogP contribution >= 0.6 is 0 Å². The smallest absolute Gasteiger partial charge is 0.351 e. The van der Waals surface area contributed by atoms with Crippen LogP contribution in [0.4, 0.5) is 13.2 Å². The first-order valence-corrected chi connectivity index (χ1v) is 8.42. The van der Waals surface area contributed by atoms with E-state index < -0.39 is 11.7 Å². The minimum atomic E-state index is -4.41. The molecule has 1 aromatic heterocycles. The van der Waals surface area contributed by atoms with Crippen LogP contribution in [0.15, 0.2) is 42.5 Å². The second-order valence-electron chi connectivity index (χ2n) is 6.44. The van der Waals surface area contributed by atoms with Crippen LogP contribution in [0.1, 0.15) is 28.0 Å². The SMILES string of the molecule is N#Cc1cc(-c2ccc(C(F)(F)F)cc2)c2c(c1)cc1n2CCCNC1=O. The zero-order chi connectivity index (χ0) is 19.2. The highest BCUT2D eigenvalue weighted by molar-refractivity contribution is 6.03. The molecule has 136 valence electrons. The van der Waals surface area contributed by atoms with E-state index in [9.17, 15) is 23.2 Å². The Labute approximate surface area is 152 Å². The Morgan fingerprint density at radius 2 is 1.85 bits per heavy atom. The van der Waals surface area contributed by atoms with Gasteiger partial charge in [0.2, 0.25) is 0 Å². The van der Waals surface area contributed by atoms with Crippen LogP contribution in [-0.4, -0.2) is 17.0 Å². The summed E-state index contributed by atoms with van der Waals surface area (Å²) in [6.45, 7) is 1.17.